The Hall–Kier alpha value is -2.15. The van der Waals surface area contributed by atoms with E-state index in [9.17, 15) is 14.4 Å². The first-order chi connectivity index (χ1) is 9.97. The van der Waals surface area contributed by atoms with Gasteiger partial charge in [0, 0.05) is 13.1 Å². The topological polar surface area (TPSA) is 86.7 Å². The molecule has 6 nitrogen and oxygen atoms in total. The molecule has 0 spiro atoms. The molecular formula is C14H16N2O4S. The highest BCUT2D eigenvalue weighted by Gasteiger charge is 2.26. The van der Waals surface area contributed by atoms with E-state index in [1.807, 2.05) is 0 Å². The van der Waals surface area contributed by atoms with Gasteiger partial charge in [0.25, 0.3) is 5.91 Å². The van der Waals surface area contributed by atoms with Crippen LogP contribution in [0.4, 0.5) is 0 Å². The van der Waals surface area contributed by atoms with Crippen molar-refractivity contribution < 1.29 is 19.5 Å². The van der Waals surface area contributed by atoms with Crippen LogP contribution >= 0.6 is 11.3 Å². The number of amides is 2. The molecule has 0 fully saturated rings. The molecule has 1 aromatic rings. The monoisotopic (exact) mass is 308 g/mol. The Morgan fingerprint density at radius 1 is 1.43 bits per heavy atom. The van der Waals surface area contributed by atoms with Crippen molar-refractivity contribution in [2.45, 2.75) is 12.5 Å². The molecule has 1 aliphatic carbocycles. The quantitative estimate of drug-likeness (QED) is 0.793. The van der Waals surface area contributed by atoms with Gasteiger partial charge in [-0.05, 0) is 17.9 Å². The van der Waals surface area contributed by atoms with Crippen molar-refractivity contribution in [3.63, 3.8) is 0 Å². The average molecular weight is 308 g/mol. The number of hydrogen-bond acceptors (Lipinski definition) is 4. The largest absolute Gasteiger partial charge is 0.481 e. The van der Waals surface area contributed by atoms with Gasteiger partial charge in [0.2, 0.25) is 5.91 Å². The van der Waals surface area contributed by atoms with E-state index in [0.717, 1.165) is 0 Å². The van der Waals surface area contributed by atoms with Crippen molar-refractivity contribution in [2.75, 3.05) is 13.6 Å². The Balaban J connectivity index is 1.81. The Labute approximate surface area is 126 Å². The van der Waals surface area contributed by atoms with Gasteiger partial charge in [-0.25, -0.2) is 0 Å². The summed E-state index contributed by atoms with van der Waals surface area (Å²) in [7, 11) is 1.56. The van der Waals surface area contributed by atoms with Crippen LogP contribution in [0.25, 0.3) is 0 Å². The predicted octanol–water partition coefficient (Wildman–Crippen LogP) is 0.966. The van der Waals surface area contributed by atoms with E-state index in [1.165, 1.54) is 16.2 Å². The van der Waals surface area contributed by atoms with Crippen LogP contribution < -0.4 is 5.32 Å². The van der Waals surface area contributed by atoms with Crippen molar-refractivity contribution in [3.8, 4) is 0 Å². The van der Waals surface area contributed by atoms with Gasteiger partial charge in [-0.2, -0.15) is 0 Å². The highest BCUT2D eigenvalue weighted by atomic mass is 32.1. The van der Waals surface area contributed by atoms with Crippen molar-refractivity contribution >= 4 is 29.1 Å². The number of carboxylic acids is 1. The number of hydrogen-bond donors (Lipinski definition) is 2. The first kappa shape index (κ1) is 15.2. The molecule has 112 valence electrons. The maximum atomic E-state index is 12.0. The van der Waals surface area contributed by atoms with Crippen molar-refractivity contribution in [3.05, 3.63) is 34.5 Å². The minimum absolute atomic E-state index is 0.0567. The second-order valence-corrected chi connectivity index (χ2v) is 5.83. The Morgan fingerprint density at radius 3 is 2.76 bits per heavy atom. The van der Waals surface area contributed by atoms with Crippen molar-refractivity contribution in [2.24, 2.45) is 5.92 Å². The van der Waals surface area contributed by atoms with Crippen molar-refractivity contribution in [1.29, 1.82) is 0 Å². The van der Waals surface area contributed by atoms with E-state index in [-0.39, 0.29) is 24.4 Å². The highest BCUT2D eigenvalue weighted by molar-refractivity contribution is 7.12. The number of aliphatic carboxylic acids is 1. The standard InChI is InChI=1S/C14H16N2O4S/c1-16(13(18)11-3-2-6-21-11)8-12(17)15-10-5-4-9(7-10)14(19)20/h2-6,9-10H,7-8H2,1H3,(H,15,17)(H,19,20). The molecule has 2 rings (SSSR count). The number of nitrogens with one attached hydrogen (secondary N) is 1. The third-order valence-corrected chi connectivity index (χ3v) is 4.06. The van der Waals surface area contributed by atoms with Gasteiger partial charge in [-0.15, -0.1) is 11.3 Å². The van der Waals surface area contributed by atoms with E-state index in [0.29, 0.717) is 11.3 Å². The lowest BCUT2D eigenvalue weighted by molar-refractivity contribution is -0.140. The van der Waals surface area contributed by atoms with Crippen molar-refractivity contribution in [1.82, 2.24) is 10.2 Å². The number of likely N-dealkylation sites (N-methyl/N-ethyl adjacent to an activating group) is 1. The number of carboxylic acid groups (broad SMARTS) is 1. The summed E-state index contributed by atoms with van der Waals surface area (Å²) in [5, 5.41) is 13.4. The van der Waals surface area contributed by atoms with Crippen LogP contribution in [0, 0.1) is 5.92 Å². The molecule has 7 heteroatoms. The molecule has 0 saturated heterocycles. The summed E-state index contributed by atoms with van der Waals surface area (Å²) in [5.41, 5.74) is 0. The molecule has 2 N–H and O–H groups in total. The van der Waals surface area contributed by atoms with Gasteiger partial charge in [0.05, 0.1) is 17.3 Å². The summed E-state index contributed by atoms with van der Waals surface area (Å²) in [6.45, 7) is -0.0567. The Morgan fingerprint density at radius 2 is 2.19 bits per heavy atom. The van der Waals surface area contributed by atoms with E-state index in [4.69, 9.17) is 5.11 Å². The molecule has 0 saturated carbocycles. The smallest absolute Gasteiger partial charge is 0.310 e. The fourth-order valence-corrected chi connectivity index (χ4v) is 2.83. The molecule has 2 atom stereocenters. The number of thiophene rings is 1. The fourth-order valence-electron chi connectivity index (χ4n) is 2.12. The zero-order valence-corrected chi connectivity index (χ0v) is 12.3. The van der Waals surface area contributed by atoms with Crippen LogP contribution in [-0.4, -0.2) is 47.4 Å². The molecule has 0 radical (unpaired) electrons. The summed E-state index contributed by atoms with van der Waals surface area (Å²) in [4.78, 5) is 36.6. The van der Waals surface area contributed by atoms with E-state index < -0.39 is 11.9 Å². The summed E-state index contributed by atoms with van der Waals surface area (Å²) in [5.74, 6) is -1.96. The molecule has 21 heavy (non-hydrogen) atoms. The van der Waals surface area contributed by atoms with Crippen LogP contribution in [0.15, 0.2) is 29.7 Å². The van der Waals surface area contributed by atoms with Gasteiger partial charge in [0.15, 0.2) is 0 Å². The summed E-state index contributed by atoms with van der Waals surface area (Å²) in [6.07, 6.45) is 3.61. The van der Waals surface area contributed by atoms with E-state index >= 15 is 0 Å². The molecule has 2 unspecified atom stereocenters. The molecule has 2 amide bonds. The maximum absolute atomic E-state index is 12.0. The first-order valence-electron chi connectivity index (χ1n) is 6.47. The Kier molecular flexibility index (Phi) is 4.74. The molecule has 1 heterocycles. The molecule has 1 aromatic heterocycles. The van der Waals surface area contributed by atoms with Gasteiger partial charge < -0.3 is 15.3 Å². The number of nitrogens with zero attached hydrogens (tertiary/aromatic N) is 1. The molecule has 0 aliphatic heterocycles. The molecule has 0 aromatic carbocycles. The van der Waals surface area contributed by atoms with E-state index in [1.54, 1.807) is 36.7 Å². The van der Waals surface area contributed by atoms with Crippen LogP contribution in [0.3, 0.4) is 0 Å². The van der Waals surface area contributed by atoms with Crippen LogP contribution in [0.2, 0.25) is 0 Å². The van der Waals surface area contributed by atoms with Gasteiger partial charge in [-0.3, -0.25) is 14.4 Å². The number of carbonyl (C=O) groups excluding carboxylic acids is 2. The predicted molar refractivity (Wildman–Crippen MR) is 78.1 cm³/mol. The van der Waals surface area contributed by atoms with Crippen LogP contribution in [0.5, 0.6) is 0 Å². The summed E-state index contributed by atoms with van der Waals surface area (Å²) < 4.78 is 0. The normalized spacial score (nSPS) is 20.2. The summed E-state index contributed by atoms with van der Waals surface area (Å²) in [6, 6.07) is 3.20. The molecular weight excluding hydrogens is 292 g/mol. The number of rotatable bonds is 5. The fraction of sp³-hybridized carbons (Fsp3) is 0.357. The molecule has 1 aliphatic rings. The highest BCUT2D eigenvalue weighted by Crippen LogP contribution is 2.18. The second kappa shape index (κ2) is 6.53. The van der Waals surface area contributed by atoms with Gasteiger partial charge in [-0.1, -0.05) is 18.2 Å². The average Bonchev–Trinajstić information content (AvgIpc) is 3.08. The van der Waals surface area contributed by atoms with Gasteiger partial charge in [0.1, 0.15) is 0 Å². The Bertz CT molecular complexity index is 568. The number of carbonyl (C=O) groups is 3. The zero-order valence-electron chi connectivity index (χ0n) is 11.5. The molecule has 0 bridgehead atoms. The lowest BCUT2D eigenvalue weighted by Gasteiger charge is -2.18. The van der Waals surface area contributed by atoms with Crippen LogP contribution in [0.1, 0.15) is 16.1 Å². The second-order valence-electron chi connectivity index (χ2n) is 4.88. The maximum Gasteiger partial charge on any atom is 0.310 e. The minimum atomic E-state index is -0.895. The summed E-state index contributed by atoms with van der Waals surface area (Å²) >= 11 is 1.32. The third-order valence-electron chi connectivity index (χ3n) is 3.21. The lowest BCUT2D eigenvalue weighted by Crippen LogP contribution is -2.41. The van der Waals surface area contributed by atoms with Gasteiger partial charge >= 0.3 is 5.97 Å². The zero-order chi connectivity index (χ0) is 15.4. The SMILES string of the molecule is CN(CC(=O)NC1C=CC(C(=O)O)C1)C(=O)c1cccs1. The van der Waals surface area contributed by atoms with Crippen LogP contribution in [-0.2, 0) is 9.59 Å². The first-order valence-corrected chi connectivity index (χ1v) is 7.35. The minimum Gasteiger partial charge on any atom is -0.481 e. The lowest BCUT2D eigenvalue weighted by atomic mass is 10.1. The third kappa shape index (κ3) is 3.91. The van der Waals surface area contributed by atoms with E-state index in [2.05, 4.69) is 5.32 Å².